The fourth-order valence-electron chi connectivity index (χ4n) is 2.23. The lowest BCUT2D eigenvalue weighted by molar-refractivity contribution is -0.0498. The number of hydrogen-bond donors (Lipinski definition) is 2. The fraction of sp³-hybridized carbons (Fsp3) is 0.222. The number of benzene rings is 2. The monoisotopic (exact) mass is 363 g/mol. The number of halogens is 2. The molecule has 0 fully saturated rings. The highest BCUT2D eigenvalue weighted by Gasteiger charge is 2.06. The fourth-order valence-corrected chi connectivity index (χ4v) is 2.38. The molecule has 0 aliphatic carbocycles. The van der Waals surface area contributed by atoms with Crippen LogP contribution in [0.3, 0.4) is 0 Å². The van der Waals surface area contributed by atoms with Gasteiger partial charge in [-0.25, -0.2) is 0 Å². The molecule has 25 heavy (non-hydrogen) atoms. The number of hydrogen-bond acceptors (Lipinski definition) is 3. The molecule has 0 aliphatic rings. The zero-order chi connectivity index (χ0) is 18.4. The molecule has 0 radical (unpaired) electrons. The molecule has 0 heterocycles. The quantitative estimate of drug-likeness (QED) is 0.462. The van der Waals surface area contributed by atoms with Crippen LogP contribution in [0.1, 0.15) is 23.6 Å². The SMILES string of the molecule is C/C(=N/NC(=S)Nc1c(C)cccc1C)c1ccc(OC(F)F)cc1. The maximum Gasteiger partial charge on any atom is 0.387 e. The highest BCUT2D eigenvalue weighted by molar-refractivity contribution is 7.80. The predicted octanol–water partition coefficient (Wildman–Crippen LogP) is 4.62. The van der Waals surface area contributed by atoms with Gasteiger partial charge in [0, 0.05) is 5.69 Å². The van der Waals surface area contributed by atoms with Crippen LogP contribution >= 0.6 is 12.2 Å². The number of hydrazone groups is 1. The number of nitrogens with one attached hydrogen (secondary N) is 2. The standard InChI is InChI=1S/C18H19F2N3OS/c1-11-5-4-6-12(2)16(11)21-18(25)23-22-13(3)14-7-9-15(10-8-14)24-17(19)20/h4-10,17H,1-3H3,(H2,21,23,25)/b22-13-. The van der Waals surface area contributed by atoms with Gasteiger partial charge in [-0.2, -0.15) is 13.9 Å². The van der Waals surface area contributed by atoms with Crippen LogP contribution < -0.4 is 15.5 Å². The van der Waals surface area contributed by atoms with Gasteiger partial charge in [0.05, 0.1) is 5.71 Å². The molecule has 0 bridgehead atoms. The normalized spacial score (nSPS) is 11.4. The van der Waals surface area contributed by atoms with Crippen LogP contribution in [0.25, 0.3) is 0 Å². The van der Waals surface area contributed by atoms with Crippen LogP contribution in [0.4, 0.5) is 14.5 Å². The maximum atomic E-state index is 12.1. The van der Waals surface area contributed by atoms with E-state index in [-0.39, 0.29) is 5.75 Å². The van der Waals surface area contributed by atoms with Crippen molar-refractivity contribution in [2.24, 2.45) is 5.10 Å². The topological polar surface area (TPSA) is 45.7 Å². The Kier molecular flexibility index (Phi) is 6.41. The molecule has 132 valence electrons. The van der Waals surface area contributed by atoms with E-state index in [9.17, 15) is 8.78 Å². The van der Waals surface area contributed by atoms with Gasteiger partial charge in [0.2, 0.25) is 0 Å². The molecule has 0 spiro atoms. The highest BCUT2D eigenvalue weighted by Crippen LogP contribution is 2.19. The first-order valence-electron chi connectivity index (χ1n) is 7.59. The number of rotatable bonds is 5. The number of ether oxygens (including phenoxy) is 1. The van der Waals surface area contributed by atoms with Crippen molar-refractivity contribution in [3.05, 3.63) is 59.2 Å². The van der Waals surface area contributed by atoms with Crippen molar-refractivity contribution in [3.8, 4) is 5.75 Å². The molecule has 2 aromatic rings. The number of thiocarbonyl (C=S) groups is 1. The Morgan fingerprint density at radius 3 is 2.24 bits per heavy atom. The maximum absolute atomic E-state index is 12.1. The number of alkyl halides is 2. The van der Waals surface area contributed by atoms with Gasteiger partial charge in [0.15, 0.2) is 5.11 Å². The third-order valence-electron chi connectivity index (χ3n) is 3.54. The van der Waals surface area contributed by atoms with E-state index in [1.165, 1.54) is 12.1 Å². The summed E-state index contributed by atoms with van der Waals surface area (Å²) in [6.45, 7) is 2.94. The van der Waals surface area contributed by atoms with Crippen molar-refractivity contribution < 1.29 is 13.5 Å². The zero-order valence-corrected chi connectivity index (χ0v) is 15.0. The van der Waals surface area contributed by atoms with Gasteiger partial charge in [-0.05, 0) is 73.9 Å². The molecule has 0 saturated heterocycles. The molecule has 0 aliphatic heterocycles. The zero-order valence-electron chi connectivity index (χ0n) is 14.1. The summed E-state index contributed by atoms with van der Waals surface area (Å²) in [6, 6.07) is 12.2. The minimum absolute atomic E-state index is 0.103. The first-order valence-corrected chi connectivity index (χ1v) is 8.00. The number of para-hydroxylation sites is 1. The van der Waals surface area contributed by atoms with Crippen LogP contribution in [0.2, 0.25) is 0 Å². The van der Waals surface area contributed by atoms with E-state index in [0.29, 0.717) is 10.8 Å². The van der Waals surface area contributed by atoms with Crippen molar-refractivity contribution >= 4 is 28.7 Å². The summed E-state index contributed by atoms with van der Waals surface area (Å²) in [5, 5.41) is 7.71. The highest BCUT2D eigenvalue weighted by atomic mass is 32.1. The molecular weight excluding hydrogens is 344 g/mol. The Labute approximate surface area is 150 Å². The molecule has 0 saturated carbocycles. The summed E-state index contributed by atoms with van der Waals surface area (Å²) >= 11 is 5.26. The lowest BCUT2D eigenvalue weighted by atomic mass is 10.1. The molecule has 2 rings (SSSR count). The average Bonchev–Trinajstić information content (AvgIpc) is 2.56. The number of nitrogens with zero attached hydrogens (tertiary/aromatic N) is 1. The first-order chi connectivity index (χ1) is 11.9. The van der Waals surface area contributed by atoms with Crippen molar-refractivity contribution in [3.63, 3.8) is 0 Å². The van der Waals surface area contributed by atoms with E-state index in [0.717, 1.165) is 22.4 Å². The van der Waals surface area contributed by atoms with E-state index in [1.807, 2.05) is 32.0 Å². The van der Waals surface area contributed by atoms with E-state index < -0.39 is 6.61 Å². The first kappa shape index (κ1) is 18.8. The van der Waals surface area contributed by atoms with Crippen molar-refractivity contribution in [1.82, 2.24) is 5.43 Å². The lowest BCUT2D eigenvalue weighted by Gasteiger charge is -2.13. The van der Waals surface area contributed by atoms with Gasteiger partial charge >= 0.3 is 6.61 Å². The summed E-state index contributed by atoms with van der Waals surface area (Å²) in [4.78, 5) is 0. The van der Waals surface area contributed by atoms with Gasteiger partial charge in [-0.3, -0.25) is 5.43 Å². The Morgan fingerprint density at radius 2 is 1.68 bits per heavy atom. The molecule has 2 N–H and O–H groups in total. The van der Waals surface area contributed by atoms with Gasteiger partial charge in [-0.15, -0.1) is 0 Å². The van der Waals surface area contributed by atoms with Gasteiger partial charge in [0.25, 0.3) is 0 Å². The molecule has 4 nitrogen and oxygen atoms in total. The van der Waals surface area contributed by atoms with Crippen molar-refractivity contribution in [1.29, 1.82) is 0 Å². The minimum Gasteiger partial charge on any atom is -0.435 e. The number of aryl methyl sites for hydroxylation is 2. The average molecular weight is 363 g/mol. The van der Waals surface area contributed by atoms with Crippen LogP contribution in [0, 0.1) is 13.8 Å². The molecule has 0 atom stereocenters. The molecule has 0 unspecified atom stereocenters. The molecule has 0 amide bonds. The second kappa shape index (κ2) is 8.53. The lowest BCUT2D eigenvalue weighted by Crippen LogP contribution is -2.25. The summed E-state index contributed by atoms with van der Waals surface area (Å²) in [7, 11) is 0. The van der Waals surface area contributed by atoms with Crippen LogP contribution in [-0.4, -0.2) is 17.4 Å². The van der Waals surface area contributed by atoms with Crippen LogP contribution in [0.15, 0.2) is 47.6 Å². The Hall–Kier alpha value is -2.54. The summed E-state index contributed by atoms with van der Waals surface area (Å²) < 4.78 is 28.6. The second-order valence-electron chi connectivity index (χ2n) is 5.43. The predicted molar refractivity (Wildman–Crippen MR) is 101 cm³/mol. The smallest absolute Gasteiger partial charge is 0.387 e. The molecule has 2 aromatic carbocycles. The third-order valence-corrected chi connectivity index (χ3v) is 3.74. The van der Waals surface area contributed by atoms with E-state index in [1.54, 1.807) is 19.1 Å². The number of anilines is 1. The second-order valence-corrected chi connectivity index (χ2v) is 5.84. The van der Waals surface area contributed by atoms with Gasteiger partial charge < -0.3 is 10.1 Å². The van der Waals surface area contributed by atoms with Crippen LogP contribution in [-0.2, 0) is 0 Å². The minimum atomic E-state index is -2.84. The third kappa shape index (κ3) is 5.49. The largest absolute Gasteiger partial charge is 0.435 e. The van der Waals surface area contributed by atoms with Crippen molar-refractivity contribution in [2.45, 2.75) is 27.4 Å². The van der Waals surface area contributed by atoms with Crippen LogP contribution in [0.5, 0.6) is 5.75 Å². The Morgan fingerprint density at radius 1 is 1.08 bits per heavy atom. The summed E-state index contributed by atoms with van der Waals surface area (Å²) in [5.74, 6) is 0.103. The van der Waals surface area contributed by atoms with E-state index >= 15 is 0 Å². The molecule has 7 heteroatoms. The molecular formula is C18H19F2N3OS. The van der Waals surface area contributed by atoms with E-state index in [4.69, 9.17) is 12.2 Å². The van der Waals surface area contributed by atoms with E-state index in [2.05, 4.69) is 20.6 Å². The van der Waals surface area contributed by atoms with Crippen molar-refractivity contribution in [2.75, 3.05) is 5.32 Å². The van der Waals surface area contributed by atoms with Gasteiger partial charge in [0.1, 0.15) is 5.75 Å². The Bertz CT molecular complexity index is 756. The summed E-state index contributed by atoms with van der Waals surface area (Å²) in [5.41, 5.74) is 7.33. The molecule has 0 aromatic heterocycles. The summed E-state index contributed by atoms with van der Waals surface area (Å²) in [6.07, 6.45) is 0. The van der Waals surface area contributed by atoms with Gasteiger partial charge in [-0.1, -0.05) is 18.2 Å². The Balaban J connectivity index is 1.99.